The maximum Gasteiger partial charge on any atom is 0.305 e. The fourth-order valence-electron chi connectivity index (χ4n) is 5.69. The van der Waals surface area contributed by atoms with Gasteiger partial charge in [-0.3, -0.25) is 4.79 Å². The molecular weight excluding hydrogens is 616 g/mol. The molecule has 0 spiro atoms. The third-order valence-corrected chi connectivity index (χ3v) is 8.74. The van der Waals surface area contributed by atoms with E-state index in [0.29, 0.717) is 19.4 Å². The van der Waals surface area contributed by atoms with Gasteiger partial charge in [0.15, 0.2) is 12.6 Å². The third kappa shape index (κ3) is 15.0. The number of allylic oxidation sites excluding steroid dienone is 2. The lowest BCUT2D eigenvalue weighted by molar-refractivity contribution is -0.371. The van der Waals surface area contributed by atoms with E-state index in [1.54, 1.807) is 0 Å². The van der Waals surface area contributed by atoms with Crippen molar-refractivity contribution in [1.82, 2.24) is 0 Å². The first-order valence-electron chi connectivity index (χ1n) is 17.7. The Morgan fingerprint density at radius 1 is 0.702 bits per heavy atom. The number of carbonyl (C=O) groups is 1. The molecule has 2 aliphatic rings. The molecule has 0 aromatic carbocycles. The van der Waals surface area contributed by atoms with Gasteiger partial charge in [0.1, 0.15) is 48.8 Å². The number of ether oxygens (including phenoxy) is 5. The number of hydrogen-bond acceptors (Lipinski definition) is 13. The SMILES string of the molecule is CCCCOC(=O)CCCCCCC/C=C\CCCCCCC(C)OC1OC(CO)C(O)C(O)C1OC1OC(CO)C(O)C(O)C1O. The summed E-state index contributed by atoms with van der Waals surface area (Å²) in [5.74, 6) is -0.0752. The van der Waals surface area contributed by atoms with Gasteiger partial charge < -0.3 is 59.4 Å². The summed E-state index contributed by atoms with van der Waals surface area (Å²) in [6, 6.07) is 0. The molecule has 7 N–H and O–H groups in total. The molecule has 276 valence electrons. The Labute approximate surface area is 279 Å². The molecule has 2 heterocycles. The molecule has 2 saturated heterocycles. The van der Waals surface area contributed by atoms with Gasteiger partial charge in [-0.25, -0.2) is 0 Å². The Bertz CT molecular complexity index is 843. The summed E-state index contributed by atoms with van der Waals surface area (Å²) < 4.78 is 28.0. The number of esters is 1. The second-order valence-corrected chi connectivity index (χ2v) is 12.8. The normalized spacial score (nSPS) is 32.1. The number of unbranched alkanes of at least 4 members (excludes halogenated alkanes) is 10. The Morgan fingerprint density at radius 3 is 1.87 bits per heavy atom. The molecule has 0 aromatic rings. The molecule has 11 atom stereocenters. The van der Waals surface area contributed by atoms with Gasteiger partial charge in [0, 0.05) is 6.42 Å². The quantitative estimate of drug-likeness (QED) is 0.0444. The van der Waals surface area contributed by atoms with Gasteiger partial charge in [-0.05, 0) is 51.9 Å². The van der Waals surface area contributed by atoms with Crippen molar-refractivity contribution in [3.63, 3.8) is 0 Å². The fraction of sp³-hybridized carbons (Fsp3) is 0.912. The summed E-state index contributed by atoms with van der Waals surface area (Å²) in [6.45, 7) is 3.22. The molecule has 2 rings (SSSR count). The predicted molar refractivity (Wildman–Crippen MR) is 172 cm³/mol. The first-order valence-corrected chi connectivity index (χ1v) is 17.7. The minimum Gasteiger partial charge on any atom is -0.466 e. The number of hydrogen-bond donors (Lipinski definition) is 7. The van der Waals surface area contributed by atoms with Gasteiger partial charge >= 0.3 is 5.97 Å². The molecule has 0 bridgehead atoms. The average Bonchev–Trinajstić information content (AvgIpc) is 3.06. The minimum atomic E-state index is -1.71. The molecule has 2 fully saturated rings. The lowest BCUT2D eigenvalue weighted by Gasteiger charge is -2.46. The van der Waals surface area contributed by atoms with E-state index in [0.717, 1.165) is 77.0 Å². The fourth-order valence-corrected chi connectivity index (χ4v) is 5.69. The molecule has 0 aromatic heterocycles. The van der Waals surface area contributed by atoms with Crippen LogP contribution in [-0.2, 0) is 28.5 Å². The van der Waals surface area contributed by atoms with Crippen LogP contribution in [0.3, 0.4) is 0 Å². The Morgan fingerprint density at radius 2 is 1.26 bits per heavy atom. The van der Waals surface area contributed by atoms with Crippen molar-refractivity contribution in [2.75, 3.05) is 19.8 Å². The first kappa shape index (κ1) is 41.9. The first-order chi connectivity index (χ1) is 22.6. The van der Waals surface area contributed by atoms with Gasteiger partial charge in [0.2, 0.25) is 0 Å². The highest BCUT2D eigenvalue weighted by molar-refractivity contribution is 5.69. The van der Waals surface area contributed by atoms with Crippen LogP contribution in [0.15, 0.2) is 12.2 Å². The molecule has 47 heavy (non-hydrogen) atoms. The topological polar surface area (TPSA) is 205 Å². The van der Waals surface area contributed by atoms with Crippen molar-refractivity contribution in [2.45, 2.75) is 178 Å². The summed E-state index contributed by atoms with van der Waals surface area (Å²) in [5, 5.41) is 70.8. The van der Waals surface area contributed by atoms with Gasteiger partial charge in [-0.2, -0.15) is 0 Å². The van der Waals surface area contributed by atoms with E-state index >= 15 is 0 Å². The Balaban J connectivity index is 1.62. The molecule has 13 heteroatoms. The molecule has 11 unspecified atom stereocenters. The smallest absolute Gasteiger partial charge is 0.305 e. The summed E-state index contributed by atoms with van der Waals surface area (Å²) in [7, 11) is 0. The highest BCUT2D eigenvalue weighted by Crippen LogP contribution is 2.30. The van der Waals surface area contributed by atoms with E-state index in [1.165, 1.54) is 6.42 Å². The van der Waals surface area contributed by atoms with E-state index in [-0.39, 0.29) is 12.1 Å². The summed E-state index contributed by atoms with van der Waals surface area (Å²) >= 11 is 0. The molecular formula is C34H62O13. The largest absolute Gasteiger partial charge is 0.466 e. The molecule has 2 aliphatic heterocycles. The molecule has 0 aliphatic carbocycles. The van der Waals surface area contributed by atoms with Gasteiger partial charge in [0.05, 0.1) is 25.9 Å². The monoisotopic (exact) mass is 678 g/mol. The summed E-state index contributed by atoms with van der Waals surface area (Å²) in [5.41, 5.74) is 0. The standard InChI is InChI=1S/C34H62O13/c1-3-4-20-43-26(37)19-17-15-13-11-9-7-5-6-8-10-12-14-16-18-23(2)44-34-32(30(41)28(39)25(22-36)46-34)47-33-31(42)29(40)27(38)24(21-35)45-33/h5-6,23-25,27-36,38-42H,3-4,7-22H2,1-2H3/b6-5-. The second kappa shape index (κ2) is 24.0. The lowest BCUT2D eigenvalue weighted by atomic mass is 9.97. The number of rotatable bonds is 24. The number of aliphatic hydroxyl groups is 7. The predicted octanol–water partition coefficient (Wildman–Crippen LogP) is 1.99. The summed E-state index contributed by atoms with van der Waals surface area (Å²) in [6.07, 6.45) is 4.30. The zero-order valence-corrected chi connectivity index (χ0v) is 28.3. The number of carbonyl (C=O) groups excluding carboxylic acids is 1. The van der Waals surface area contributed by atoms with Crippen LogP contribution in [0.1, 0.15) is 110 Å². The van der Waals surface area contributed by atoms with E-state index < -0.39 is 74.6 Å². The van der Waals surface area contributed by atoms with E-state index in [2.05, 4.69) is 19.1 Å². The second-order valence-electron chi connectivity index (χ2n) is 12.8. The van der Waals surface area contributed by atoms with Crippen molar-refractivity contribution in [3.05, 3.63) is 12.2 Å². The molecule has 0 saturated carbocycles. The van der Waals surface area contributed by atoms with Gasteiger partial charge in [-0.1, -0.05) is 64.0 Å². The third-order valence-electron chi connectivity index (χ3n) is 8.74. The van der Waals surface area contributed by atoms with E-state index in [4.69, 9.17) is 23.7 Å². The summed E-state index contributed by atoms with van der Waals surface area (Å²) in [4.78, 5) is 11.6. The minimum absolute atomic E-state index is 0.0752. The molecule has 0 radical (unpaired) electrons. The zero-order valence-electron chi connectivity index (χ0n) is 28.3. The van der Waals surface area contributed by atoms with Crippen molar-refractivity contribution in [2.24, 2.45) is 0 Å². The Kier molecular flexibility index (Phi) is 21.4. The van der Waals surface area contributed by atoms with Crippen LogP contribution in [0, 0.1) is 0 Å². The van der Waals surface area contributed by atoms with Crippen LogP contribution in [0.4, 0.5) is 0 Å². The average molecular weight is 679 g/mol. The van der Waals surface area contributed by atoms with Crippen LogP contribution in [0.5, 0.6) is 0 Å². The highest BCUT2D eigenvalue weighted by Gasteiger charge is 2.51. The van der Waals surface area contributed by atoms with Gasteiger partial charge in [0.25, 0.3) is 0 Å². The van der Waals surface area contributed by atoms with Crippen LogP contribution in [0.2, 0.25) is 0 Å². The van der Waals surface area contributed by atoms with E-state index in [9.17, 15) is 40.5 Å². The van der Waals surface area contributed by atoms with Crippen molar-refractivity contribution >= 4 is 5.97 Å². The van der Waals surface area contributed by atoms with E-state index in [1.807, 2.05) is 6.92 Å². The van der Waals surface area contributed by atoms with Crippen molar-refractivity contribution in [1.29, 1.82) is 0 Å². The Hall–Kier alpha value is -1.23. The van der Waals surface area contributed by atoms with Crippen molar-refractivity contribution in [3.8, 4) is 0 Å². The highest BCUT2D eigenvalue weighted by atomic mass is 16.8. The van der Waals surface area contributed by atoms with Gasteiger partial charge in [-0.15, -0.1) is 0 Å². The number of aliphatic hydroxyl groups excluding tert-OH is 7. The molecule has 13 nitrogen and oxygen atoms in total. The van der Waals surface area contributed by atoms with Crippen LogP contribution in [-0.4, -0.2) is 129 Å². The molecule has 0 amide bonds. The van der Waals surface area contributed by atoms with Crippen molar-refractivity contribution < 1.29 is 64.2 Å². The lowest BCUT2D eigenvalue weighted by Crippen LogP contribution is -2.64. The van der Waals surface area contributed by atoms with Crippen LogP contribution < -0.4 is 0 Å². The zero-order chi connectivity index (χ0) is 34.6. The van der Waals surface area contributed by atoms with Crippen LogP contribution >= 0.6 is 0 Å². The maximum absolute atomic E-state index is 11.6. The maximum atomic E-state index is 11.6. The van der Waals surface area contributed by atoms with Crippen LogP contribution in [0.25, 0.3) is 0 Å².